The maximum absolute atomic E-state index is 14.9. The number of ether oxygens (including phenoxy) is 2. The summed E-state index contributed by atoms with van der Waals surface area (Å²) in [5, 5.41) is 34.3. The number of benzene rings is 1. The lowest BCUT2D eigenvalue weighted by atomic mass is 9.44. The van der Waals surface area contributed by atoms with E-state index >= 15 is 0 Å². The van der Waals surface area contributed by atoms with E-state index in [0.717, 1.165) is 12.8 Å². The third kappa shape index (κ3) is 4.19. The summed E-state index contributed by atoms with van der Waals surface area (Å²) >= 11 is 0. The molecule has 1 aromatic carbocycles. The zero-order chi connectivity index (χ0) is 28.3. The number of rotatable bonds is 5. The Balaban J connectivity index is 1.46. The van der Waals surface area contributed by atoms with E-state index < -0.39 is 59.9 Å². The van der Waals surface area contributed by atoms with Gasteiger partial charge in [-0.25, -0.2) is 9.18 Å². The molecule has 1 heterocycles. The number of fused-ring (bicyclic) bond motifs is 1. The highest BCUT2D eigenvalue weighted by molar-refractivity contribution is 6.61. The van der Waals surface area contributed by atoms with E-state index in [-0.39, 0.29) is 41.9 Å². The lowest BCUT2D eigenvalue weighted by Crippen LogP contribution is -2.63. The van der Waals surface area contributed by atoms with Crippen LogP contribution in [0.5, 0.6) is 5.75 Å². The molecule has 0 unspecified atom stereocenters. The minimum atomic E-state index is -1.40. The molecule has 3 N–H and O–H groups in total. The molecule has 3 aliphatic carbocycles. The van der Waals surface area contributed by atoms with Crippen LogP contribution in [0.25, 0.3) is 0 Å². The van der Waals surface area contributed by atoms with E-state index in [2.05, 4.69) is 12.1 Å². The van der Waals surface area contributed by atoms with Crippen molar-refractivity contribution in [1.82, 2.24) is 0 Å². The van der Waals surface area contributed by atoms with Gasteiger partial charge >= 0.3 is 13.1 Å². The maximum Gasteiger partial charge on any atom is 0.494 e. The number of nitrogens with zero attached hydrogens (tertiary/aromatic N) is 1. The Morgan fingerprint density at radius 1 is 1.31 bits per heavy atom. The zero-order valence-electron chi connectivity index (χ0n) is 22.9. The lowest BCUT2D eigenvalue weighted by molar-refractivity contribution is -0.205. The van der Waals surface area contributed by atoms with Crippen LogP contribution >= 0.6 is 0 Å². The highest BCUT2D eigenvalue weighted by Crippen LogP contribution is 2.67. The number of oxime groups is 1. The SMILES string of the molecule is C[C@@H]1CC[C@@]23CCC(=O)[C@H]2[C@]1(C)[C@H](OC(=O)COc1ccc2c(c1F)B(O)OC2)C[C@@](C)(C=NO)[C@@H](O)[C@@H]3C. The van der Waals surface area contributed by atoms with Crippen LogP contribution in [0.4, 0.5) is 4.39 Å². The minimum Gasteiger partial charge on any atom is -0.479 e. The molecular formula is C28H37BFNO8. The van der Waals surface area contributed by atoms with E-state index in [1.165, 1.54) is 12.3 Å². The fourth-order valence-corrected chi connectivity index (χ4v) is 8.26. The summed E-state index contributed by atoms with van der Waals surface area (Å²) in [5.41, 5.74) is -1.74. The van der Waals surface area contributed by atoms with Gasteiger partial charge in [0.05, 0.1) is 18.9 Å². The molecule has 0 amide bonds. The summed E-state index contributed by atoms with van der Waals surface area (Å²) in [5.74, 6) is -2.25. The number of carbonyl (C=O) groups excluding carboxylic acids is 2. The molecule has 0 aromatic heterocycles. The maximum atomic E-state index is 14.9. The van der Waals surface area contributed by atoms with Gasteiger partial charge in [0.2, 0.25) is 0 Å². The number of esters is 1. The smallest absolute Gasteiger partial charge is 0.479 e. The van der Waals surface area contributed by atoms with Crippen molar-refractivity contribution in [2.45, 2.75) is 78.6 Å². The molecule has 3 fully saturated rings. The first-order chi connectivity index (χ1) is 18.4. The van der Waals surface area contributed by atoms with Crippen LogP contribution < -0.4 is 10.2 Å². The van der Waals surface area contributed by atoms with Gasteiger partial charge < -0.3 is 29.5 Å². The van der Waals surface area contributed by atoms with Gasteiger partial charge in [0.25, 0.3) is 0 Å². The van der Waals surface area contributed by atoms with Gasteiger partial charge in [0, 0.05) is 28.6 Å². The zero-order valence-corrected chi connectivity index (χ0v) is 22.9. The number of aliphatic hydroxyl groups is 1. The molecule has 4 aliphatic rings. The monoisotopic (exact) mass is 545 g/mol. The van der Waals surface area contributed by atoms with Crippen molar-refractivity contribution in [3.63, 3.8) is 0 Å². The van der Waals surface area contributed by atoms with E-state index in [1.807, 2.05) is 13.8 Å². The molecule has 212 valence electrons. The standard InChI is InChI=1S/C28H37BFNO8/c1-15-7-9-28-10-8-18(32)24(28)27(15,4)20(11-26(3,14-31-36)25(34)16(28)2)39-21(33)13-37-19-6-5-17-12-38-29(35)22(17)23(19)30/h5-6,14-16,20,24-25,34-36H,7-13H2,1-4H3/t15-,16+,20-,24+,25+,26+,27+,28+/m1/s1. The Hall–Kier alpha value is -2.50. The van der Waals surface area contributed by atoms with Crippen molar-refractivity contribution in [3.8, 4) is 5.75 Å². The average molecular weight is 545 g/mol. The van der Waals surface area contributed by atoms with Crippen molar-refractivity contribution in [2.24, 2.45) is 39.2 Å². The molecule has 1 aromatic rings. The Morgan fingerprint density at radius 2 is 2.05 bits per heavy atom. The molecule has 0 radical (unpaired) electrons. The predicted molar refractivity (Wildman–Crippen MR) is 139 cm³/mol. The van der Waals surface area contributed by atoms with Crippen molar-refractivity contribution in [1.29, 1.82) is 0 Å². The van der Waals surface area contributed by atoms with Gasteiger partial charge in [-0.15, -0.1) is 5.16 Å². The second kappa shape index (κ2) is 9.85. The number of aliphatic hydroxyl groups excluding tert-OH is 1. The first-order valence-electron chi connectivity index (χ1n) is 13.7. The minimum absolute atomic E-state index is 0.0114. The van der Waals surface area contributed by atoms with Gasteiger partial charge in [0.15, 0.2) is 18.2 Å². The molecule has 9 nitrogen and oxygen atoms in total. The number of hydrogen-bond acceptors (Lipinski definition) is 9. The summed E-state index contributed by atoms with van der Waals surface area (Å²) in [6.07, 6.45) is 2.35. The molecule has 8 atom stereocenters. The van der Waals surface area contributed by atoms with Crippen LogP contribution in [0.2, 0.25) is 0 Å². The van der Waals surface area contributed by atoms with Crippen LogP contribution in [-0.2, 0) is 25.6 Å². The number of halogens is 1. The number of hydrogen-bond donors (Lipinski definition) is 3. The van der Waals surface area contributed by atoms with Gasteiger partial charge in [-0.3, -0.25) is 4.79 Å². The van der Waals surface area contributed by atoms with Crippen molar-refractivity contribution < 1.29 is 43.4 Å². The molecular weight excluding hydrogens is 508 g/mol. The number of carbonyl (C=O) groups is 2. The van der Waals surface area contributed by atoms with Gasteiger partial charge in [-0.1, -0.05) is 33.8 Å². The fourth-order valence-electron chi connectivity index (χ4n) is 8.26. The second-order valence-corrected chi connectivity index (χ2v) is 12.5. The number of Topliss-reactive ketones (excluding diaryl/α,β-unsaturated/α-hetero) is 1. The molecule has 0 saturated heterocycles. The van der Waals surface area contributed by atoms with Crippen LogP contribution in [0.3, 0.4) is 0 Å². The Bertz CT molecular complexity index is 1200. The quantitative estimate of drug-likeness (QED) is 0.169. The van der Waals surface area contributed by atoms with Crippen LogP contribution in [0.1, 0.15) is 65.4 Å². The van der Waals surface area contributed by atoms with Crippen molar-refractivity contribution >= 4 is 30.5 Å². The summed E-state index contributed by atoms with van der Waals surface area (Å²) in [4.78, 5) is 26.7. The first kappa shape index (κ1) is 28.0. The van der Waals surface area contributed by atoms with Crippen LogP contribution in [0, 0.1) is 39.8 Å². The topological polar surface area (TPSA) is 135 Å². The van der Waals surface area contributed by atoms with E-state index in [1.54, 1.807) is 13.0 Å². The van der Waals surface area contributed by atoms with Crippen LogP contribution in [0.15, 0.2) is 17.3 Å². The normalized spacial score (nSPS) is 39.7. The summed E-state index contributed by atoms with van der Waals surface area (Å²) in [7, 11) is -1.40. The molecule has 2 bridgehead atoms. The predicted octanol–water partition coefficient (Wildman–Crippen LogP) is 2.60. The van der Waals surface area contributed by atoms with Gasteiger partial charge in [-0.2, -0.15) is 0 Å². The second-order valence-electron chi connectivity index (χ2n) is 12.5. The Labute approximate surface area is 227 Å². The van der Waals surface area contributed by atoms with E-state index in [4.69, 9.17) is 14.1 Å². The molecule has 0 spiro atoms. The van der Waals surface area contributed by atoms with E-state index in [0.29, 0.717) is 18.4 Å². The third-order valence-electron chi connectivity index (χ3n) is 10.7. The molecule has 11 heteroatoms. The third-order valence-corrected chi connectivity index (χ3v) is 10.7. The van der Waals surface area contributed by atoms with Crippen molar-refractivity contribution in [2.75, 3.05) is 6.61 Å². The Kier molecular flexibility index (Phi) is 7.09. The summed E-state index contributed by atoms with van der Waals surface area (Å²) in [6.45, 7) is 7.30. The highest BCUT2D eigenvalue weighted by atomic mass is 19.1. The molecule has 1 aliphatic heterocycles. The molecule has 3 saturated carbocycles. The fraction of sp³-hybridized carbons (Fsp3) is 0.679. The van der Waals surface area contributed by atoms with Crippen molar-refractivity contribution in [3.05, 3.63) is 23.5 Å². The van der Waals surface area contributed by atoms with E-state index in [9.17, 15) is 29.3 Å². The molecule has 5 rings (SSSR count). The van der Waals surface area contributed by atoms with Gasteiger partial charge in [0.1, 0.15) is 11.9 Å². The Morgan fingerprint density at radius 3 is 2.77 bits per heavy atom. The summed E-state index contributed by atoms with van der Waals surface area (Å²) in [6, 6.07) is 2.95. The van der Waals surface area contributed by atoms with Crippen LogP contribution in [-0.4, -0.2) is 59.2 Å². The van der Waals surface area contributed by atoms with Gasteiger partial charge in [-0.05, 0) is 54.6 Å². The largest absolute Gasteiger partial charge is 0.494 e. The summed E-state index contributed by atoms with van der Waals surface area (Å²) < 4.78 is 31.6. The average Bonchev–Trinajstić information content (AvgIpc) is 3.45. The first-order valence-corrected chi connectivity index (χ1v) is 13.7. The number of ketones is 1. The lowest BCUT2D eigenvalue weighted by Gasteiger charge is -2.61. The highest BCUT2D eigenvalue weighted by Gasteiger charge is 2.68. The molecule has 39 heavy (non-hydrogen) atoms.